The normalized spacial score (nSPS) is 14.4. The highest BCUT2D eigenvalue weighted by molar-refractivity contribution is 7.85. The van der Waals surface area contributed by atoms with Crippen molar-refractivity contribution in [2.45, 2.75) is 25.5 Å². The third kappa shape index (κ3) is 3.72. The van der Waals surface area contributed by atoms with E-state index in [4.69, 9.17) is 11.6 Å². The first-order valence-electron chi connectivity index (χ1n) is 4.47. The Hall–Kier alpha value is -0.740. The summed E-state index contributed by atoms with van der Waals surface area (Å²) in [5.41, 5.74) is 0.678. The lowest BCUT2D eigenvalue weighted by Gasteiger charge is -2.12. The number of hydrogen-bond donors (Lipinski definition) is 0. The molecule has 0 saturated heterocycles. The maximum atomic E-state index is 11.6. The molecule has 1 rings (SSSR count). The fourth-order valence-corrected chi connectivity index (χ4v) is 1.43. The van der Waals surface area contributed by atoms with Gasteiger partial charge in [-0.2, -0.15) is 4.40 Å². The second kappa shape index (κ2) is 4.86. The molecule has 15 heavy (non-hydrogen) atoms. The minimum absolute atomic E-state index is 0.356. The fraction of sp³-hybridized carbons (Fsp3) is 0.400. The molecule has 1 heterocycles. The van der Waals surface area contributed by atoms with E-state index in [1.54, 1.807) is 18.5 Å². The van der Waals surface area contributed by atoms with Crippen molar-refractivity contribution in [1.82, 2.24) is 4.98 Å². The van der Waals surface area contributed by atoms with Gasteiger partial charge in [-0.3, -0.25) is 4.98 Å². The van der Waals surface area contributed by atoms with Gasteiger partial charge in [-0.25, -0.2) is 4.21 Å². The summed E-state index contributed by atoms with van der Waals surface area (Å²) < 4.78 is 15.2. The molecular weight excluding hydrogens is 232 g/mol. The molecule has 82 valence electrons. The van der Waals surface area contributed by atoms with Crippen LogP contribution in [0.25, 0.3) is 0 Å². The van der Waals surface area contributed by atoms with Crippen molar-refractivity contribution in [1.29, 1.82) is 0 Å². The highest BCUT2D eigenvalue weighted by Gasteiger charge is 2.18. The van der Waals surface area contributed by atoms with Crippen molar-refractivity contribution < 1.29 is 4.21 Å². The molecule has 0 aliphatic carbocycles. The quantitative estimate of drug-likeness (QED) is 0.751. The van der Waals surface area contributed by atoms with Crippen LogP contribution in [0.15, 0.2) is 22.9 Å². The lowest BCUT2D eigenvalue weighted by molar-refractivity contribution is 0.651. The molecule has 0 amide bonds. The Bertz CT molecular complexity index is 399. The predicted molar refractivity (Wildman–Crippen MR) is 64.7 cm³/mol. The van der Waals surface area contributed by atoms with Crippen LogP contribution in [0.4, 0.5) is 0 Å². The van der Waals surface area contributed by atoms with Crippen molar-refractivity contribution >= 4 is 28.8 Å². The Balaban J connectivity index is 2.84. The van der Waals surface area contributed by atoms with E-state index >= 15 is 0 Å². The van der Waals surface area contributed by atoms with Gasteiger partial charge in [0.25, 0.3) is 0 Å². The standard InChI is InChI=1S/C10H13ClN2OS/c1-10(2,3)15(14)13-7-8-6-12-5-4-9(8)11/h4-7H,1-3H3/t15-/m1/s1. The minimum atomic E-state index is -1.26. The first-order chi connectivity index (χ1) is 6.91. The average molecular weight is 245 g/mol. The lowest BCUT2D eigenvalue weighted by atomic mass is 10.3. The largest absolute Gasteiger partial charge is 0.264 e. The minimum Gasteiger partial charge on any atom is -0.264 e. The summed E-state index contributed by atoms with van der Waals surface area (Å²) in [6.07, 6.45) is 4.68. The third-order valence-electron chi connectivity index (χ3n) is 1.61. The molecule has 0 N–H and O–H groups in total. The predicted octanol–water partition coefficient (Wildman–Crippen LogP) is 2.62. The van der Waals surface area contributed by atoms with Gasteiger partial charge in [0.1, 0.15) is 11.0 Å². The molecule has 5 heteroatoms. The Morgan fingerprint density at radius 2 is 2.20 bits per heavy atom. The Kier molecular flexibility index (Phi) is 3.99. The molecule has 0 unspecified atom stereocenters. The summed E-state index contributed by atoms with van der Waals surface area (Å²) in [5.74, 6) is 0. The van der Waals surface area contributed by atoms with E-state index in [2.05, 4.69) is 9.38 Å². The summed E-state index contributed by atoms with van der Waals surface area (Å²) in [5, 5.41) is 0.555. The zero-order chi connectivity index (χ0) is 11.5. The van der Waals surface area contributed by atoms with E-state index in [-0.39, 0.29) is 4.75 Å². The SMILES string of the molecule is CC(C)(C)[S@@](=O)N=Cc1cnccc1Cl. The van der Waals surface area contributed by atoms with Gasteiger partial charge in [-0.05, 0) is 26.8 Å². The molecule has 1 aromatic heterocycles. The Morgan fingerprint density at radius 3 is 2.73 bits per heavy atom. The van der Waals surface area contributed by atoms with Crippen LogP contribution in [0.2, 0.25) is 5.02 Å². The summed E-state index contributed by atoms with van der Waals surface area (Å²) in [7, 11) is -1.26. The molecule has 3 nitrogen and oxygen atoms in total. The molecule has 0 fully saturated rings. The zero-order valence-corrected chi connectivity index (χ0v) is 10.5. The number of pyridine rings is 1. The van der Waals surface area contributed by atoms with Gasteiger partial charge in [0.15, 0.2) is 0 Å². The van der Waals surface area contributed by atoms with E-state index in [0.717, 1.165) is 0 Å². The maximum Gasteiger partial charge on any atom is 0.144 e. The summed E-state index contributed by atoms with van der Waals surface area (Å²) in [6, 6.07) is 1.67. The number of aromatic nitrogens is 1. The van der Waals surface area contributed by atoms with E-state index in [0.29, 0.717) is 10.6 Å². The van der Waals surface area contributed by atoms with Crippen LogP contribution in [0.5, 0.6) is 0 Å². The molecule has 1 atom stereocenters. The monoisotopic (exact) mass is 244 g/mol. The first kappa shape index (κ1) is 12.3. The number of rotatable bonds is 2. The van der Waals surface area contributed by atoms with E-state index in [1.807, 2.05) is 20.8 Å². The summed E-state index contributed by atoms with van der Waals surface area (Å²) >= 11 is 5.89. The fourth-order valence-electron chi connectivity index (χ4n) is 0.747. The Morgan fingerprint density at radius 1 is 1.53 bits per heavy atom. The summed E-state index contributed by atoms with van der Waals surface area (Å²) in [4.78, 5) is 3.91. The molecule has 0 saturated carbocycles. The van der Waals surface area contributed by atoms with Crippen LogP contribution in [-0.2, 0) is 11.0 Å². The van der Waals surface area contributed by atoms with Gasteiger partial charge >= 0.3 is 0 Å². The molecule has 0 spiro atoms. The van der Waals surface area contributed by atoms with Crippen LogP contribution in [0, 0.1) is 0 Å². The van der Waals surface area contributed by atoms with Crippen LogP contribution in [0.1, 0.15) is 26.3 Å². The number of hydrogen-bond acceptors (Lipinski definition) is 2. The highest BCUT2D eigenvalue weighted by atomic mass is 35.5. The van der Waals surface area contributed by atoms with Gasteiger partial charge < -0.3 is 0 Å². The van der Waals surface area contributed by atoms with Gasteiger partial charge in [0.05, 0.1) is 9.77 Å². The van der Waals surface area contributed by atoms with Crippen molar-refractivity contribution in [3.63, 3.8) is 0 Å². The maximum absolute atomic E-state index is 11.6. The Labute approximate surface area is 97.2 Å². The number of nitrogens with zero attached hydrogens (tertiary/aromatic N) is 2. The van der Waals surface area contributed by atoms with Gasteiger partial charge in [0, 0.05) is 24.2 Å². The topological polar surface area (TPSA) is 42.3 Å². The highest BCUT2D eigenvalue weighted by Crippen LogP contribution is 2.14. The molecule has 0 aliphatic heterocycles. The number of halogens is 1. The van der Waals surface area contributed by atoms with Crippen LogP contribution in [0.3, 0.4) is 0 Å². The molecule has 0 aliphatic rings. The molecule has 0 radical (unpaired) electrons. The second-order valence-electron chi connectivity index (χ2n) is 3.99. The van der Waals surface area contributed by atoms with Gasteiger partial charge in [0.2, 0.25) is 0 Å². The lowest BCUT2D eigenvalue weighted by Crippen LogP contribution is -2.19. The van der Waals surface area contributed by atoms with Crippen molar-refractivity contribution in [3.8, 4) is 0 Å². The molecule has 0 bridgehead atoms. The van der Waals surface area contributed by atoms with Gasteiger partial charge in [-0.15, -0.1) is 0 Å². The zero-order valence-electron chi connectivity index (χ0n) is 8.90. The van der Waals surface area contributed by atoms with Gasteiger partial charge in [-0.1, -0.05) is 11.6 Å². The van der Waals surface area contributed by atoms with Crippen LogP contribution in [-0.4, -0.2) is 20.2 Å². The van der Waals surface area contributed by atoms with Crippen molar-refractivity contribution in [3.05, 3.63) is 29.0 Å². The molecular formula is C10H13ClN2OS. The van der Waals surface area contributed by atoms with E-state index in [9.17, 15) is 4.21 Å². The van der Waals surface area contributed by atoms with Crippen molar-refractivity contribution in [2.75, 3.05) is 0 Å². The second-order valence-corrected chi connectivity index (χ2v) is 6.33. The van der Waals surface area contributed by atoms with Crippen LogP contribution < -0.4 is 0 Å². The van der Waals surface area contributed by atoms with Crippen LogP contribution >= 0.6 is 11.6 Å². The average Bonchev–Trinajstić information content (AvgIpc) is 2.14. The molecule has 0 aromatic carbocycles. The third-order valence-corrected chi connectivity index (χ3v) is 3.30. The molecule has 1 aromatic rings. The van der Waals surface area contributed by atoms with Crippen molar-refractivity contribution in [2.24, 2.45) is 4.40 Å². The smallest absolute Gasteiger partial charge is 0.144 e. The van der Waals surface area contributed by atoms with E-state index in [1.165, 1.54) is 6.21 Å². The summed E-state index contributed by atoms with van der Waals surface area (Å²) in [6.45, 7) is 5.60. The first-order valence-corrected chi connectivity index (χ1v) is 5.95. The van der Waals surface area contributed by atoms with E-state index < -0.39 is 11.0 Å².